The third-order valence-electron chi connectivity index (χ3n) is 3.48. The third kappa shape index (κ3) is 8.37. The van der Waals surface area contributed by atoms with E-state index in [1.807, 2.05) is 20.8 Å². The van der Waals surface area contributed by atoms with E-state index in [2.05, 4.69) is 10.6 Å². The summed E-state index contributed by atoms with van der Waals surface area (Å²) in [4.78, 5) is 11.9. The van der Waals surface area contributed by atoms with Crippen LogP contribution in [0.2, 0.25) is 6.04 Å². The molecule has 0 atom stereocenters. The summed E-state index contributed by atoms with van der Waals surface area (Å²) in [5, 5.41) is 10.4. The largest absolute Gasteiger partial charge is 0.500 e. The SMILES string of the molecule is CCO[Si](CCCNC(=O)Nc1ccc(S(N)(=O)=O)cc1)(OCC)OCC. The standard InChI is InChI=1S/C16H29N3O6SSi/c1-4-23-27(24-5-2,25-6-3)13-7-12-18-16(20)19-14-8-10-15(11-9-14)26(17,21)22/h8-11H,4-7,12-13H2,1-3H3,(H2,17,21,22)(H2,18,19,20). The van der Waals surface area contributed by atoms with Crippen molar-refractivity contribution in [2.24, 2.45) is 5.14 Å². The molecule has 0 unspecified atom stereocenters. The maximum Gasteiger partial charge on any atom is 0.500 e. The summed E-state index contributed by atoms with van der Waals surface area (Å²) in [6.07, 6.45) is 0.643. The number of nitrogens with one attached hydrogen (secondary N) is 2. The number of rotatable bonds is 12. The van der Waals surface area contributed by atoms with Crippen molar-refractivity contribution >= 4 is 30.5 Å². The number of hydrogen-bond acceptors (Lipinski definition) is 6. The van der Waals surface area contributed by atoms with Crippen molar-refractivity contribution in [1.82, 2.24) is 5.32 Å². The molecule has 0 bridgehead atoms. The Hall–Kier alpha value is -1.50. The highest BCUT2D eigenvalue weighted by Crippen LogP contribution is 2.18. The van der Waals surface area contributed by atoms with Crippen LogP contribution in [-0.2, 0) is 23.3 Å². The lowest BCUT2D eigenvalue weighted by atomic mass is 10.3. The molecule has 2 amide bonds. The van der Waals surface area contributed by atoms with E-state index in [1.54, 1.807) is 0 Å². The highest BCUT2D eigenvalue weighted by molar-refractivity contribution is 7.89. The molecule has 0 saturated heterocycles. The second kappa shape index (κ2) is 11.4. The third-order valence-corrected chi connectivity index (χ3v) is 7.56. The predicted octanol–water partition coefficient (Wildman–Crippen LogP) is 1.89. The summed E-state index contributed by atoms with van der Waals surface area (Å²) < 4.78 is 39.7. The molecule has 0 aromatic heterocycles. The number of carbonyl (C=O) groups is 1. The maximum absolute atomic E-state index is 11.9. The van der Waals surface area contributed by atoms with E-state index < -0.39 is 24.9 Å². The van der Waals surface area contributed by atoms with Crippen LogP contribution in [0.25, 0.3) is 0 Å². The topological polar surface area (TPSA) is 129 Å². The van der Waals surface area contributed by atoms with E-state index in [0.29, 0.717) is 44.5 Å². The van der Waals surface area contributed by atoms with Gasteiger partial charge < -0.3 is 23.9 Å². The van der Waals surface area contributed by atoms with Crippen LogP contribution in [0.3, 0.4) is 0 Å². The number of nitrogens with two attached hydrogens (primary N) is 1. The van der Waals surface area contributed by atoms with Crippen molar-refractivity contribution < 1.29 is 26.5 Å². The first kappa shape index (κ1) is 23.5. The van der Waals surface area contributed by atoms with Crippen molar-refractivity contribution in [2.75, 3.05) is 31.7 Å². The van der Waals surface area contributed by atoms with Crippen LogP contribution < -0.4 is 15.8 Å². The van der Waals surface area contributed by atoms with Gasteiger partial charge in [0.1, 0.15) is 0 Å². The van der Waals surface area contributed by atoms with Gasteiger partial charge in [0.15, 0.2) is 0 Å². The maximum atomic E-state index is 11.9. The van der Waals surface area contributed by atoms with Crippen molar-refractivity contribution in [2.45, 2.75) is 38.1 Å². The Morgan fingerprint density at radius 1 is 1.04 bits per heavy atom. The first-order valence-electron chi connectivity index (χ1n) is 8.86. The highest BCUT2D eigenvalue weighted by Gasteiger charge is 2.39. The molecule has 0 aliphatic heterocycles. The molecule has 0 aliphatic carbocycles. The van der Waals surface area contributed by atoms with Gasteiger partial charge in [-0.3, -0.25) is 0 Å². The Labute approximate surface area is 162 Å². The van der Waals surface area contributed by atoms with Crippen LogP contribution in [0.1, 0.15) is 27.2 Å². The van der Waals surface area contributed by atoms with E-state index >= 15 is 0 Å². The summed E-state index contributed by atoms with van der Waals surface area (Å²) in [5.74, 6) is 0. The highest BCUT2D eigenvalue weighted by atomic mass is 32.2. The smallest absolute Gasteiger partial charge is 0.374 e. The molecule has 1 rings (SSSR count). The van der Waals surface area contributed by atoms with E-state index in [9.17, 15) is 13.2 Å². The van der Waals surface area contributed by atoms with Crippen LogP contribution in [0.15, 0.2) is 29.2 Å². The molecule has 154 valence electrons. The van der Waals surface area contributed by atoms with Crippen LogP contribution in [0.4, 0.5) is 10.5 Å². The summed E-state index contributed by atoms with van der Waals surface area (Å²) >= 11 is 0. The number of primary sulfonamides is 1. The molecule has 1 aromatic carbocycles. The lowest BCUT2D eigenvalue weighted by Gasteiger charge is -2.28. The van der Waals surface area contributed by atoms with Gasteiger partial charge in [-0.15, -0.1) is 0 Å². The molecule has 0 heterocycles. The lowest BCUT2D eigenvalue weighted by Crippen LogP contribution is -2.46. The minimum atomic E-state index is -3.75. The van der Waals surface area contributed by atoms with E-state index in [-0.39, 0.29) is 4.90 Å². The monoisotopic (exact) mass is 419 g/mol. The first-order valence-corrected chi connectivity index (χ1v) is 12.3. The molecule has 0 spiro atoms. The Balaban J connectivity index is 2.47. The summed E-state index contributed by atoms with van der Waals surface area (Å²) in [7, 11) is -6.46. The molecular formula is C16H29N3O6SSi. The van der Waals surface area contributed by atoms with Crippen molar-refractivity contribution in [3.63, 3.8) is 0 Å². The zero-order valence-electron chi connectivity index (χ0n) is 16.0. The Kier molecular flexibility index (Phi) is 9.91. The molecule has 11 heteroatoms. The van der Waals surface area contributed by atoms with Crippen molar-refractivity contribution in [3.8, 4) is 0 Å². The number of urea groups is 1. The fraction of sp³-hybridized carbons (Fsp3) is 0.562. The molecule has 9 nitrogen and oxygen atoms in total. The molecule has 0 radical (unpaired) electrons. The van der Waals surface area contributed by atoms with Gasteiger partial charge in [-0.25, -0.2) is 18.4 Å². The minimum absolute atomic E-state index is 0.0162. The van der Waals surface area contributed by atoms with E-state index in [1.165, 1.54) is 24.3 Å². The quantitative estimate of drug-likeness (QED) is 0.350. The van der Waals surface area contributed by atoms with Gasteiger partial charge in [0.05, 0.1) is 4.90 Å². The summed E-state index contributed by atoms with van der Waals surface area (Å²) in [6.45, 7) is 7.63. The summed E-state index contributed by atoms with van der Waals surface area (Å²) in [5.41, 5.74) is 0.460. The Bertz CT molecular complexity index is 667. The fourth-order valence-corrected chi connectivity index (χ4v) is 5.54. The number of sulfonamides is 1. The number of hydrogen-bond donors (Lipinski definition) is 3. The molecule has 0 saturated carbocycles. The fourth-order valence-electron chi connectivity index (χ4n) is 2.41. The van der Waals surface area contributed by atoms with Crippen LogP contribution >= 0.6 is 0 Å². The van der Waals surface area contributed by atoms with Crippen LogP contribution in [0, 0.1) is 0 Å². The van der Waals surface area contributed by atoms with Crippen LogP contribution in [-0.4, -0.2) is 49.6 Å². The Morgan fingerprint density at radius 3 is 2.00 bits per heavy atom. The average Bonchev–Trinajstić information content (AvgIpc) is 2.59. The lowest BCUT2D eigenvalue weighted by molar-refractivity contribution is 0.0708. The van der Waals surface area contributed by atoms with Crippen molar-refractivity contribution in [1.29, 1.82) is 0 Å². The first-order chi connectivity index (χ1) is 12.8. The van der Waals surface area contributed by atoms with Gasteiger partial charge in [-0.2, -0.15) is 0 Å². The molecule has 4 N–H and O–H groups in total. The molecule has 1 aromatic rings. The number of carbonyl (C=O) groups excluding carboxylic acids is 1. The molecule has 0 aliphatic rings. The number of anilines is 1. The van der Waals surface area contributed by atoms with Gasteiger partial charge in [-0.05, 0) is 51.5 Å². The van der Waals surface area contributed by atoms with Gasteiger partial charge in [0, 0.05) is 38.1 Å². The summed E-state index contributed by atoms with van der Waals surface area (Å²) in [6, 6.07) is 5.81. The molecular weight excluding hydrogens is 390 g/mol. The number of amides is 2. The second-order valence-corrected chi connectivity index (χ2v) is 9.83. The predicted molar refractivity (Wildman–Crippen MR) is 105 cm³/mol. The average molecular weight is 420 g/mol. The molecule has 0 fully saturated rings. The zero-order valence-corrected chi connectivity index (χ0v) is 17.8. The minimum Gasteiger partial charge on any atom is -0.374 e. The van der Waals surface area contributed by atoms with Gasteiger partial charge in [0.2, 0.25) is 10.0 Å². The zero-order chi connectivity index (χ0) is 20.3. The number of benzene rings is 1. The van der Waals surface area contributed by atoms with Gasteiger partial charge >= 0.3 is 14.8 Å². The second-order valence-electron chi connectivity index (χ2n) is 5.54. The normalized spacial score (nSPS) is 12.0. The van der Waals surface area contributed by atoms with Crippen LogP contribution in [0.5, 0.6) is 0 Å². The van der Waals surface area contributed by atoms with Gasteiger partial charge in [-0.1, -0.05) is 0 Å². The molecule has 27 heavy (non-hydrogen) atoms. The Morgan fingerprint density at radius 2 is 1.56 bits per heavy atom. The van der Waals surface area contributed by atoms with Gasteiger partial charge in [0.25, 0.3) is 0 Å². The van der Waals surface area contributed by atoms with E-state index in [4.69, 9.17) is 18.4 Å². The van der Waals surface area contributed by atoms with Crippen molar-refractivity contribution in [3.05, 3.63) is 24.3 Å². The van der Waals surface area contributed by atoms with E-state index in [0.717, 1.165) is 0 Å².